The second kappa shape index (κ2) is 4.62. The van der Waals surface area contributed by atoms with E-state index in [1.807, 2.05) is 24.3 Å². The predicted octanol–water partition coefficient (Wildman–Crippen LogP) is 1.49. The molecule has 1 fully saturated rings. The maximum absolute atomic E-state index is 5.80. The molecule has 100 valence electrons. The number of anilines is 1. The van der Waals surface area contributed by atoms with Crippen LogP contribution in [-0.2, 0) is 11.3 Å². The molecule has 1 aliphatic carbocycles. The van der Waals surface area contributed by atoms with Crippen LogP contribution in [0.15, 0.2) is 24.3 Å². The van der Waals surface area contributed by atoms with E-state index in [0.717, 1.165) is 24.2 Å². The van der Waals surface area contributed by atoms with Crippen molar-refractivity contribution in [3.63, 3.8) is 0 Å². The number of ether oxygens (including phenoxy) is 1. The van der Waals surface area contributed by atoms with Gasteiger partial charge in [0.15, 0.2) is 5.82 Å². The van der Waals surface area contributed by atoms with E-state index in [2.05, 4.69) is 15.5 Å². The molecule has 1 saturated carbocycles. The minimum Gasteiger partial charge on any atom is -0.399 e. The number of nitrogens with zero attached hydrogens (tertiary/aromatic N) is 4. The van der Waals surface area contributed by atoms with Gasteiger partial charge in [-0.15, -0.1) is 5.10 Å². The van der Waals surface area contributed by atoms with Crippen LogP contribution < -0.4 is 5.73 Å². The van der Waals surface area contributed by atoms with E-state index in [4.69, 9.17) is 10.5 Å². The molecule has 0 spiro atoms. The maximum Gasteiger partial charge on any atom is 0.182 e. The van der Waals surface area contributed by atoms with Crippen molar-refractivity contribution in [1.29, 1.82) is 0 Å². The minimum absolute atomic E-state index is 0.107. The molecule has 1 aromatic carbocycles. The number of benzene rings is 1. The van der Waals surface area contributed by atoms with Crippen molar-refractivity contribution in [1.82, 2.24) is 20.2 Å². The second-order valence-electron chi connectivity index (χ2n) is 5.03. The van der Waals surface area contributed by atoms with Crippen LogP contribution in [-0.4, -0.2) is 32.9 Å². The van der Waals surface area contributed by atoms with Crippen molar-refractivity contribution in [3.8, 4) is 11.4 Å². The van der Waals surface area contributed by atoms with Gasteiger partial charge in [-0.25, -0.2) is 4.68 Å². The van der Waals surface area contributed by atoms with Gasteiger partial charge in [0.2, 0.25) is 0 Å². The van der Waals surface area contributed by atoms with Crippen LogP contribution in [0.5, 0.6) is 0 Å². The first kappa shape index (κ1) is 12.1. The van der Waals surface area contributed by atoms with E-state index in [1.54, 1.807) is 11.8 Å². The molecule has 6 heteroatoms. The number of hydrogen-bond donors (Lipinski definition) is 1. The van der Waals surface area contributed by atoms with Gasteiger partial charge in [0.1, 0.15) is 0 Å². The fourth-order valence-electron chi connectivity index (χ4n) is 2.47. The van der Waals surface area contributed by atoms with E-state index >= 15 is 0 Å². The molecule has 2 aromatic rings. The quantitative estimate of drug-likeness (QED) is 0.841. The van der Waals surface area contributed by atoms with Crippen molar-refractivity contribution in [2.75, 3.05) is 12.8 Å². The first-order valence-corrected chi connectivity index (χ1v) is 6.40. The summed E-state index contributed by atoms with van der Waals surface area (Å²) in [5.74, 6) is 0.732. The van der Waals surface area contributed by atoms with Gasteiger partial charge in [-0.1, -0.05) is 12.1 Å². The minimum atomic E-state index is -0.107. The zero-order valence-corrected chi connectivity index (χ0v) is 10.9. The van der Waals surface area contributed by atoms with Crippen LogP contribution >= 0.6 is 0 Å². The Bertz CT molecular complexity index is 570. The van der Waals surface area contributed by atoms with Crippen molar-refractivity contribution in [2.45, 2.75) is 31.4 Å². The first-order valence-electron chi connectivity index (χ1n) is 6.40. The normalized spacial score (nSPS) is 17.1. The van der Waals surface area contributed by atoms with Gasteiger partial charge >= 0.3 is 0 Å². The van der Waals surface area contributed by atoms with E-state index in [-0.39, 0.29) is 5.60 Å². The standard InChI is InChI=1S/C13H17N5O/c1-19-13(6-3-7-13)9-18-12(15-16-17-18)10-4-2-5-11(14)8-10/h2,4-5,8H,3,6-7,9,14H2,1H3. The maximum atomic E-state index is 5.80. The highest BCUT2D eigenvalue weighted by Gasteiger charge is 2.38. The van der Waals surface area contributed by atoms with Gasteiger partial charge in [0, 0.05) is 18.4 Å². The fourth-order valence-corrected chi connectivity index (χ4v) is 2.47. The lowest BCUT2D eigenvalue weighted by atomic mass is 9.80. The third kappa shape index (κ3) is 2.19. The summed E-state index contributed by atoms with van der Waals surface area (Å²) in [5, 5.41) is 11.9. The Morgan fingerprint density at radius 3 is 2.89 bits per heavy atom. The van der Waals surface area contributed by atoms with Gasteiger partial charge in [-0.3, -0.25) is 0 Å². The van der Waals surface area contributed by atoms with E-state index < -0.39 is 0 Å². The van der Waals surface area contributed by atoms with Crippen LogP contribution in [0.3, 0.4) is 0 Å². The molecule has 0 atom stereocenters. The lowest BCUT2D eigenvalue weighted by molar-refractivity contribution is -0.0855. The lowest BCUT2D eigenvalue weighted by Crippen LogP contribution is -2.43. The third-order valence-corrected chi connectivity index (χ3v) is 3.81. The Balaban J connectivity index is 1.90. The molecule has 0 aliphatic heterocycles. The fraction of sp³-hybridized carbons (Fsp3) is 0.462. The largest absolute Gasteiger partial charge is 0.399 e. The molecule has 0 saturated heterocycles. The molecule has 6 nitrogen and oxygen atoms in total. The molecule has 1 heterocycles. The Hall–Kier alpha value is -1.95. The van der Waals surface area contributed by atoms with Gasteiger partial charge in [0.25, 0.3) is 0 Å². The molecule has 19 heavy (non-hydrogen) atoms. The monoisotopic (exact) mass is 259 g/mol. The van der Waals surface area contributed by atoms with E-state index in [9.17, 15) is 0 Å². The zero-order chi connectivity index (χ0) is 13.3. The van der Waals surface area contributed by atoms with Gasteiger partial charge in [-0.2, -0.15) is 0 Å². The number of hydrogen-bond acceptors (Lipinski definition) is 5. The molecule has 1 aliphatic rings. The molecule has 0 amide bonds. The zero-order valence-electron chi connectivity index (χ0n) is 10.9. The highest BCUT2D eigenvalue weighted by molar-refractivity contribution is 5.60. The number of tetrazole rings is 1. The van der Waals surface area contributed by atoms with Crippen LogP contribution in [0, 0.1) is 0 Å². The average Bonchev–Trinajstić information content (AvgIpc) is 2.82. The van der Waals surface area contributed by atoms with Gasteiger partial charge in [-0.05, 0) is 41.8 Å². The van der Waals surface area contributed by atoms with Crippen LogP contribution in [0.4, 0.5) is 5.69 Å². The van der Waals surface area contributed by atoms with Crippen LogP contribution in [0.25, 0.3) is 11.4 Å². The first-order chi connectivity index (χ1) is 9.22. The lowest BCUT2D eigenvalue weighted by Gasteiger charge is -2.40. The molecule has 0 unspecified atom stereocenters. The number of nitrogens with two attached hydrogens (primary N) is 1. The highest BCUT2D eigenvalue weighted by atomic mass is 16.5. The Morgan fingerprint density at radius 2 is 2.26 bits per heavy atom. The SMILES string of the molecule is COC1(Cn2nnnc2-c2cccc(N)c2)CCC1. The summed E-state index contributed by atoms with van der Waals surface area (Å²) >= 11 is 0. The topological polar surface area (TPSA) is 78.8 Å². The molecular formula is C13H17N5O. The Morgan fingerprint density at radius 1 is 1.42 bits per heavy atom. The summed E-state index contributed by atoms with van der Waals surface area (Å²) in [6.07, 6.45) is 3.31. The summed E-state index contributed by atoms with van der Waals surface area (Å²) in [6, 6.07) is 7.58. The molecule has 0 radical (unpaired) electrons. The number of aromatic nitrogens is 4. The second-order valence-corrected chi connectivity index (χ2v) is 5.03. The summed E-state index contributed by atoms with van der Waals surface area (Å²) < 4.78 is 7.42. The van der Waals surface area contributed by atoms with Crippen molar-refractivity contribution < 1.29 is 4.74 Å². The summed E-state index contributed by atoms with van der Waals surface area (Å²) in [6.45, 7) is 0.681. The Kier molecular flexibility index (Phi) is 2.94. The van der Waals surface area contributed by atoms with Gasteiger partial charge in [0.05, 0.1) is 12.1 Å². The third-order valence-electron chi connectivity index (χ3n) is 3.81. The summed E-state index contributed by atoms with van der Waals surface area (Å²) in [4.78, 5) is 0. The van der Waals surface area contributed by atoms with Crippen molar-refractivity contribution >= 4 is 5.69 Å². The highest BCUT2D eigenvalue weighted by Crippen LogP contribution is 2.37. The summed E-state index contributed by atoms with van der Waals surface area (Å²) in [5.41, 5.74) is 7.33. The molecular weight excluding hydrogens is 242 g/mol. The molecule has 3 rings (SSSR count). The molecule has 2 N–H and O–H groups in total. The average molecular weight is 259 g/mol. The van der Waals surface area contributed by atoms with Crippen LogP contribution in [0.2, 0.25) is 0 Å². The number of methoxy groups -OCH3 is 1. The van der Waals surface area contributed by atoms with E-state index in [0.29, 0.717) is 12.2 Å². The summed E-state index contributed by atoms with van der Waals surface area (Å²) in [7, 11) is 1.75. The van der Waals surface area contributed by atoms with Crippen molar-refractivity contribution in [3.05, 3.63) is 24.3 Å². The van der Waals surface area contributed by atoms with Crippen LogP contribution in [0.1, 0.15) is 19.3 Å². The smallest absolute Gasteiger partial charge is 0.182 e. The predicted molar refractivity (Wildman–Crippen MR) is 71.3 cm³/mol. The Labute approximate surface area is 111 Å². The van der Waals surface area contributed by atoms with Gasteiger partial charge < -0.3 is 10.5 Å². The number of rotatable bonds is 4. The van der Waals surface area contributed by atoms with Crippen molar-refractivity contribution in [2.24, 2.45) is 0 Å². The van der Waals surface area contributed by atoms with E-state index in [1.165, 1.54) is 6.42 Å². The molecule has 0 bridgehead atoms. The number of nitrogen functional groups attached to an aromatic ring is 1. The molecule has 1 aromatic heterocycles.